The standard InChI is InChI=1S/C8H8O3.Zn/c1-11-8-4-6(5-9)2-3-7(8)10;/h2-5,10H,1H3;. The molecule has 0 fully saturated rings. The molecule has 0 radical (unpaired) electrons. The quantitative estimate of drug-likeness (QED) is 0.598. The number of methoxy groups -OCH3 is 1. The van der Waals surface area contributed by atoms with Gasteiger partial charge in [-0.3, -0.25) is 4.79 Å². The van der Waals surface area contributed by atoms with Crippen LogP contribution < -0.4 is 4.74 Å². The molecule has 0 unspecified atom stereocenters. The summed E-state index contributed by atoms with van der Waals surface area (Å²) in [6, 6.07) is 4.41. The van der Waals surface area contributed by atoms with E-state index in [1.807, 2.05) is 0 Å². The van der Waals surface area contributed by atoms with Crippen molar-refractivity contribution in [2.24, 2.45) is 0 Å². The molecule has 3 nitrogen and oxygen atoms in total. The number of ether oxygens (including phenoxy) is 1. The minimum atomic E-state index is 0. The SMILES string of the molecule is COc1cc(C=O)ccc1O.[Zn]. The van der Waals surface area contributed by atoms with Gasteiger partial charge in [0.05, 0.1) is 7.11 Å². The normalized spacial score (nSPS) is 8.42. The number of carbonyl (C=O) groups is 1. The van der Waals surface area contributed by atoms with Gasteiger partial charge >= 0.3 is 0 Å². The molecule has 0 saturated heterocycles. The minimum Gasteiger partial charge on any atom is -0.504 e. The van der Waals surface area contributed by atoms with Crippen LogP contribution in [0.1, 0.15) is 10.4 Å². The fraction of sp³-hybridized carbons (Fsp3) is 0.125. The summed E-state index contributed by atoms with van der Waals surface area (Å²) in [6.07, 6.45) is 0.696. The second kappa shape index (κ2) is 4.88. The third-order valence-corrected chi connectivity index (χ3v) is 1.34. The van der Waals surface area contributed by atoms with E-state index in [1.165, 1.54) is 25.3 Å². The number of hydrogen-bond acceptors (Lipinski definition) is 3. The van der Waals surface area contributed by atoms with Crippen LogP contribution in [0.4, 0.5) is 0 Å². The zero-order chi connectivity index (χ0) is 8.27. The molecule has 0 atom stereocenters. The van der Waals surface area contributed by atoms with Crippen LogP contribution in [-0.4, -0.2) is 18.5 Å². The van der Waals surface area contributed by atoms with E-state index in [-0.39, 0.29) is 25.2 Å². The van der Waals surface area contributed by atoms with Crippen molar-refractivity contribution in [3.8, 4) is 11.5 Å². The van der Waals surface area contributed by atoms with E-state index >= 15 is 0 Å². The zero-order valence-corrected chi connectivity index (χ0v) is 9.75. The van der Waals surface area contributed by atoms with Crippen molar-refractivity contribution in [1.82, 2.24) is 0 Å². The summed E-state index contributed by atoms with van der Waals surface area (Å²) in [5.41, 5.74) is 0.486. The number of aldehydes is 1. The molecule has 0 bridgehead atoms. The number of rotatable bonds is 2. The Morgan fingerprint density at radius 1 is 1.50 bits per heavy atom. The van der Waals surface area contributed by atoms with E-state index in [2.05, 4.69) is 0 Å². The summed E-state index contributed by atoms with van der Waals surface area (Å²) in [4.78, 5) is 10.2. The average Bonchev–Trinajstić information content (AvgIpc) is 2.05. The van der Waals surface area contributed by atoms with Gasteiger partial charge in [-0.1, -0.05) is 0 Å². The number of phenolic OH excluding ortho intramolecular Hbond substituents is 1. The fourth-order valence-corrected chi connectivity index (χ4v) is 0.768. The van der Waals surface area contributed by atoms with E-state index in [9.17, 15) is 4.79 Å². The van der Waals surface area contributed by atoms with Crippen molar-refractivity contribution in [3.05, 3.63) is 23.8 Å². The molecule has 4 heteroatoms. The molecular formula is C8H8O3Zn. The van der Waals surface area contributed by atoms with E-state index in [4.69, 9.17) is 9.84 Å². The van der Waals surface area contributed by atoms with E-state index in [0.29, 0.717) is 17.6 Å². The molecule has 1 N–H and O–H groups in total. The Bertz CT molecular complexity index is 273. The second-order valence-corrected chi connectivity index (χ2v) is 2.05. The average molecular weight is 218 g/mol. The third-order valence-electron chi connectivity index (χ3n) is 1.34. The zero-order valence-electron chi connectivity index (χ0n) is 6.78. The monoisotopic (exact) mass is 216 g/mol. The van der Waals surface area contributed by atoms with Gasteiger partial charge in [0.1, 0.15) is 6.29 Å². The predicted molar refractivity (Wildman–Crippen MR) is 40.0 cm³/mol. The summed E-state index contributed by atoms with van der Waals surface area (Å²) < 4.78 is 4.78. The van der Waals surface area contributed by atoms with Crippen LogP contribution in [0.3, 0.4) is 0 Å². The summed E-state index contributed by atoms with van der Waals surface area (Å²) in [5.74, 6) is 0.354. The van der Waals surface area contributed by atoms with Gasteiger partial charge in [-0.05, 0) is 18.2 Å². The van der Waals surface area contributed by atoms with Crippen LogP contribution in [-0.2, 0) is 19.5 Å². The Labute approximate surface area is 83.1 Å². The molecule has 60 valence electrons. The molecule has 12 heavy (non-hydrogen) atoms. The number of carbonyl (C=O) groups excluding carboxylic acids is 1. The van der Waals surface area contributed by atoms with Gasteiger partial charge in [-0.2, -0.15) is 0 Å². The molecule has 0 aromatic heterocycles. The summed E-state index contributed by atoms with van der Waals surface area (Å²) in [5, 5.41) is 9.09. The number of aromatic hydroxyl groups is 1. The van der Waals surface area contributed by atoms with Gasteiger partial charge in [0.25, 0.3) is 0 Å². The number of hydrogen-bond donors (Lipinski definition) is 1. The molecule has 0 saturated carbocycles. The van der Waals surface area contributed by atoms with Crippen LogP contribution in [0.15, 0.2) is 18.2 Å². The number of benzene rings is 1. The molecule has 0 aliphatic heterocycles. The maximum Gasteiger partial charge on any atom is 0.161 e. The summed E-state index contributed by atoms with van der Waals surface area (Å²) in [6.45, 7) is 0. The van der Waals surface area contributed by atoms with Gasteiger partial charge in [-0.25, -0.2) is 0 Å². The van der Waals surface area contributed by atoms with Crippen molar-refractivity contribution in [3.63, 3.8) is 0 Å². The molecule has 0 aliphatic carbocycles. The van der Waals surface area contributed by atoms with Gasteiger partial charge < -0.3 is 9.84 Å². The molecule has 0 aliphatic rings. The van der Waals surface area contributed by atoms with Crippen LogP contribution >= 0.6 is 0 Å². The van der Waals surface area contributed by atoms with E-state index in [1.54, 1.807) is 0 Å². The van der Waals surface area contributed by atoms with Crippen LogP contribution in [0.5, 0.6) is 11.5 Å². The largest absolute Gasteiger partial charge is 0.504 e. The van der Waals surface area contributed by atoms with Gasteiger partial charge in [-0.15, -0.1) is 0 Å². The first-order valence-corrected chi connectivity index (χ1v) is 3.10. The third kappa shape index (κ3) is 2.31. The van der Waals surface area contributed by atoms with E-state index in [0.717, 1.165) is 0 Å². The first kappa shape index (κ1) is 11.1. The van der Waals surface area contributed by atoms with Crippen LogP contribution in [0, 0.1) is 0 Å². The first-order chi connectivity index (χ1) is 5.27. The van der Waals surface area contributed by atoms with Crippen molar-refractivity contribution < 1.29 is 34.1 Å². The fourth-order valence-electron chi connectivity index (χ4n) is 0.768. The van der Waals surface area contributed by atoms with Crippen molar-refractivity contribution in [2.75, 3.05) is 7.11 Å². The van der Waals surface area contributed by atoms with Crippen molar-refractivity contribution in [2.45, 2.75) is 0 Å². The maximum absolute atomic E-state index is 10.2. The van der Waals surface area contributed by atoms with Gasteiger partial charge in [0, 0.05) is 25.0 Å². The topological polar surface area (TPSA) is 46.5 Å². The maximum atomic E-state index is 10.2. The molecule has 0 amide bonds. The van der Waals surface area contributed by atoms with Crippen LogP contribution in [0.25, 0.3) is 0 Å². The molecule has 0 heterocycles. The smallest absolute Gasteiger partial charge is 0.161 e. The van der Waals surface area contributed by atoms with E-state index < -0.39 is 0 Å². The van der Waals surface area contributed by atoms with Crippen molar-refractivity contribution >= 4 is 6.29 Å². The predicted octanol–water partition coefficient (Wildman–Crippen LogP) is 1.21. The molecule has 1 rings (SSSR count). The van der Waals surface area contributed by atoms with Crippen molar-refractivity contribution in [1.29, 1.82) is 0 Å². The van der Waals surface area contributed by atoms with Crippen LogP contribution in [0.2, 0.25) is 0 Å². The Hall–Kier alpha value is -0.887. The molecule has 1 aromatic rings. The Balaban J connectivity index is 0.00000121. The molecular weight excluding hydrogens is 209 g/mol. The first-order valence-electron chi connectivity index (χ1n) is 3.10. The summed E-state index contributed by atoms with van der Waals surface area (Å²) >= 11 is 0. The van der Waals surface area contributed by atoms with Gasteiger partial charge in [0.2, 0.25) is 0 Å². The molecule has 1 aromatic carbocycles. The Kier molecular flexibility index (Phi) is 4.52. The Morgan fingerprint density at radius 2 is 2.17 bits per heavy atom. The summed E-state index contributed by atoms with van der Waals surface area (Å²) in [7, 11) is 1.43. The van der Waals surface area contributed by atoms with Gasteiger partial charge in [0.15, 0.2) is 11.5 Å². The second-order valence-electron chi connectivity index (χ2n) is 2.05. The Morgan fingerprint density at radius 3 is 2.67 bits per heavy atom. The minimum absolute atomic E-state index is 0. The molecule has 0 spiro atoms. The number of phenols is 1.